The highest BCUT2D eigenvalue weighted by Gasteiger charge is 2.39. The van der Waals surface area contributed by atoms with E-state index in [9.17, 15) is 18.0 Å². The highest BCUT2D eigenvalue weighted by atomic mass is 19.3. The van der Waals surface area contributed by atoms with Gasteiger partial charge in [0.25, 0.3) is 5.91 Å². The summed E-state index contributed by atoms with van der Waals surface area (Å²) in [4.78, 5) is 20.0. The Balaban J connectivity index is 1.29. The number of piperidine rings is 1. The van der Waals surface area contributed by atoms with E-state index in [1.807, 2.05) is 0 Å². The number of hydrogen-bond donors (Lipinski definition) is 1. The lowest BCUT2D eigenvalue weighted by molar-refractivity contribution is -0.0559. The molecule has 8 heteroatoms. The zero-order chi connectivity index (χ0) is 22.7. The van der Waals surface area contributed by atoms with Crippen molar-refractivity contribution < 1.29 is 18.0 Å². The zero-order valence-corrected chi connectivity index (χ0v) is 18.8. The molecule has 1 atom stereocenters. The normalized spacial score (nSPS) is 27.0. The number of carbonyl (C=O) groups is 1. The maximum absolute atomic E-state index is 14.3. The molecule has 33 heavy (non-hydrogen) atoms. The summed E-state index contributed by atoms with van der Waals surface area (Å²) in [6.45, 7) is 2.28. The van der Waals surface area contributed by atoms with Gasteiger partial charge in [-0.05, 0) is 57.2 Å². The summed E-state index contributed by atoms with van der Waals surface area (Å²) in [5, 5.41) is 3.01. The number of nitrogens with zero attached hydrogens (tertiary/aromatic N) is 3. The van der Waals surface area contributed by atoms with E-state index in [4.69, 9.17) is 4.98 Å². The molecule has 2 aliphatic carbocycles. The Hall–Kier alpha value is -2.09. The third-order valence-electron chi connectivity index (χ3n) is 8.29. The molecule has 2 saturated carbocycles. The van der Waals surface area contributed by atoms with Gasteiger partial charge in [0.1, 0.15) is 11.6 Å². The molecular formula is C25H31F3N4O. The Bertz CT molecular complexity index is 1060. The fraction of sp³-hybridized carbons (Fsp3) is 0.680. The number of amides is 1. The number of aromatic nitrogens is 2. The number of halogens is 3. The first-order valence-corrected chi connectivity index (χ1v) is 12.5. The smallest absolute Gasteiger partial charge is 0.253 e. The molecule has 1 aromatic carbocycles. The van der Waals surface area contributed by atoms with Crippen LogP contribution in [-0.2, 0) is 0 Å². The van der Waals surface area contributed by atoms with Crippen LogP contribution >= 0.6 is 0 Å². The SMILES string of the molecule is O=C1NCC(CC2CC2)n2c(C3CCN(C4CCC(F)(F)CC4)CC3)nc3cc(F)cc1c32. The molecule has 5 nitrogen and oxygen atoms in total. The van der Waals surface area contributed by atoms with Gasteiger partial charge in [-0.1, -0.05) is 12.8 Å². The van der Waals surface area contributed by atoms with Crippen molar-refractivity contribution in [3.05, 3.63) is 29.3 Å². The van der Waals surface area contributed by atoms with Crippen molar-refractivity contribution in [2.24, 2.45) is 5.92 Å². The third kappa shape index (κ3) is 4.04. The minimum absolute atomic E-state index is 0.00833. The number of benzene rings is 1. The van der Waals surface area contributed by atoms with Gasteiger partial charge in [0.15, 0.2) is 0 Å². The van der Waals surface area contributed by atoms with Crippen LogP contribution in [0.1, 0.15) is 85.9 Å². The molecule has 3 fully saturated rings. The number of imidazole rings is 1. The fourth-order valence-corrected chi connectivity index (χ4v) is 6.28. The van der Waals surface area contributed by atoms with Gasteiger partial charge in [-0.25, -0.2) is 18.2 Å². The first kappa shape index (κ1) is 21.4. The summed E-state index contributed by atoms with van der Waals surface area (Å²) in [5.74, 6) is -1.28. The average Bonchev–Trinajstić information content (AvgIpc) is 3.55. The van der Waals surface area contributed by atoms with Crippen molar-refractivity contribution in [3.63, 3.8) is 0 Å². The zero-order valence-electron chi connectivity index (χ0n) is 18.8. The Labute approximate surface area is 191 Å². The van der Waals surface area contributed by atoms with Gasteiger partial charge in [-0.3, -0.25) is 4.79 Å². The van der Waals surface area contributed by atoms with E-state index in [0.29, 0.717) is 36.4 Å². The molecule has 1 saturated heterocycles. The van der Waals surface area contributed by atoms with Gasteiger partial charge in [0.2, 0.25) is 5.92 Å². The van der Waals surface area contributed by atoms with Gasteiger partial charge in [0.05, 0.1) is 22.6 Å². The highest BCUT2D eigenvalue weighted by molar-refractivity contribution is 6.05. The molecule has 0 radical (unpaired) electrons. The maximum Gasteiger partial charge on any atom is 0.253 e. The van der Waals surface area contributed by atoms with Crippen molar-refractivity contribution in [2.45, 2.75) is 81.7 Å². The first-order valence-electron chi connectivity index (χ1n) is 12.5. The second kappa shape index (κ2) is 8.00. The second-order valence-electron chi connectivity index (χ2n) is 10.6. The quantitative estimate of drug-likeness (QED) is 0.697. The van der Waals surface area contributed by atoms with Crippen molar-refractivity contribution in [1.82, 2.24) is 19.8 Å². The lowest BCUT2D eigenvalue weighted by Gasteiger charge is -2.40. The molecular weight excluding hydrogens is 429 g/mol. The van der Waals surface area contributed by atoms with Crippen LogP contribution in [-0.4, -0.2) is 52.0 Å². The average molecular weight is 461 g/mol. The van der Waals surface area contributed by atoms with Crippen LogP contribution in [0.25, 0.3) is 11.0 Å². The highest BCUT2D eigenvalue weighted by Crippen LogP contribution is 2.42. The van der Waals surface area contributed by atoms with Crippen LogP contribution in [0.15, 0.2) is 12.1 Å². The lowest BCUT2D eigenvalue weighted by Crippen LogP contribution is -2.44. The minimum Gasteiger partial charge on any atom is -0.350 e. The molecule has 4 aliphatic rings. The van der Waals surface area contributed by atoms with E-state index in [0.717, 1.165) is 43.7 Å². The number of alkyl halides is 2. The molecule has 0 bridgehead atoms. The summed E-state index contributed by atoms with van der Waals surface area (Å²) < 4.78 is 43.8. The molecule has 1 amide bonds. The van der Waals surface area contributed by atoms with Crippen LogP contribution in [0, 0.1) is 11.7 Å². The number of hydrogen-bond acceptors (Lipinski definition) is 3. The van der Waals surface area contributed by atoms with Gasteiger partial charge >= 0.3 is 0 Å². The van der Waals surface area contributed by atoms with Crippen LogP contribution in [0.2, 0.25) is 0 Å². The van der Waals surface area contributed by atoms with E-state index < -0.39 is 11.7 Å². The van der Waals surface area contributed by atoms with Gasteiger partial charge in [-0.2, -0.15) is 0 Å². The molecule has 1 N–H and O–H groups in total. The monoisotopic (exact) mass is 460 g/mol. The molecule has 2 aliphatic heterocycles. The molecule has 1 aromatic heterocycles. The Kier molecular flexibility index (Phi) is 5.20. The second-order valence-corrected chi connectivity index (χ2v) is 10.6. The third-order valence-corrected chi connectivity index (χ3v) is 8.29. The first-order chi connectivity index (χ1) is 15.9. The standard InChI is InChI=1S/C25H31F3N4O/c26-17-12-20-22-21(13-17)30-23(32(22)19(11-15-1-2-15)14-29-24(20)33)16-5-9-31(10-6-16)18-3-7-25(27,28)8-4-18/h12-13,15-16,18-19H,1-11,14H2,(H,29,33). The molecule has 178 valence electrons. The lowest BCUT2D eigenvalue weighted by atomic mass is 9.88. The van der Waals surface area contributed by atoms with E-state index in [-0.39, 0.29) is 36.8 Å². The van der Waals surface area contributed by atoms with Crippen molar-refractivity contribution >= 4 is 16.9 Å². The number of carbonyl (C=O) groups excluding carboxylic acids is 1. The topological polar surface area (TPSA) is 50.2 Å². The summed E-state index contributed by atoms with van der Waals surface area (Å²) in [5.41, 5.74) is 1.71. The maximum atomic E-state index is 14.3. The van der Waals surface area contributed by atoms with E-state index in [1.165, 1.54) is 25.0 Å². The summed E-state index contributed by atoms with van der Waals surface area (Å²) in [6, 6.07) is 3.16. The summed E-state index contributed by atoms with van der Waals surface area (Å²) in [6.07, 6.45) is 6.39. The molecule has 6 rings (SSSR count). The van der Waals surface area contributed by atoms with Gasteiger partial charge in [-0.15, -0.1) is 0 Å². The van der Waals surface area contributed by atoms with Crippen molar-refractivity contribution in [3.8, 4) is 0 Å². The molecule has 3 heterocycles. The summed E-state index contributed by atoms with van der Waals surface area (Å²) >= 11 is 0. The largest absolute Gasteiger partial charge is 0.350 e. The minimum atomic E-state index is -2.50. The number of nitrogens with one attached hydrogen (secondary N) is 1. The van der Waals surface area contributed by atoms with Crippen LogP contribution in [0.5, 0.6) is 0 Å². The Morgan fingerprint density at radius 1 is 1.06 bits per heavy atom. The predicted octanol–water partition coefficient (Wildman–Crippen LogP) is 5.02. The number of likely N-dealkylation sites (tertiary alicyclic amines) is 1. The Morgan fingerprint density at radius 3 is 2.48 bits per heavy atom. The number of rotatable bonds is 4. The van der Waals surface area contributed by atoms with Crippen molar-refractivity contribution in [2.75, 3.05) is 19.6 Å². The summed E-state index contributed by atoms with van der Waals surface area (Å²) in [7, 11) is 0. The van der Waals surface area contributed by atoms with Crippen LogP contribution in [0.3, 0.4) is 0 Å². The Morgan fingerprint density at radius 2 is 1.79 bits per heavy atom. The van der Waals surface area contributed by atoms with E-state index >= 15 is 0 Å². The van der Waals surface area contributed by atoms with Gasteiger partial charge < -0.3 is 14.8 Å². The van der Waals surface area contributed by atoms with E-state index in [1.54, 1.807) is 0 Å². The molecule has 2 aromatic rings. The molecule has 0 spiro atoms. The molecule has 1 unspecified atom stereocenters. The fourth-order valence-electron chi connectivity index (χ4n) is 6.28. The van der Waals surface area contributed by atoms with Crippen molar-refractivity contribution in [1.29, 1.82) is 0 Å². The predicted molar refractivity (Wildman–Crippen MR) is 119 cm³/mol. The van der Waals surface area contributed by atoms with Crippen LogP contribution < -0.4 is 5.32 Å². The van der Waals surface area contributed by atoms with E-state index in [2.05, 4.69) is 14.8 Å². The van der Waals surface area contributed by atoms with Crippen LogP contribution in [0.4, 0.5) is 13.2 Å². The van der Waals surface area contributed by atoms with Gasteiger partial charge in [0, 0.05) is 37.4 Å².